The Morgan fingerprint density at radius 3 is 2.52 bits per heavy atom. The van der Waals surface area contributed by atoms with Gasteiger partial charge < -0.3 is 9.80 Å². The van der Waals surface area contributed by atoms with Gasteiger partial charge in [0.15, 0.2) is 0 Å². The zero-order chi connectivity index (χ0) is 16.6. The molecule has 2 aliphatic rings. The van der Waals surface area contributed by atoms with E-state index in [9.17, 15) is 9.59 Å². The van der Waals surface area contributed by atoms with Gasteiger partial charge in [0.05, 0.1) is 0 Å². The van der Waals surface area contributed by atoms with Crippen molar-refractivity contribution in [2.75, 3.05) is 18.0 Å². The van der Waals surface area contributed by atoms with Crippen LogP contribution in [-0.4, -0.2) is 35.8 Å². The monoisotopic (exact) mass is 314 g/mol. The van der Waals surface area contributed by atoms with E-state index in [0.717, 1.165) is 36.9 Å². The minimum Gasteiger partial charge on any atom is -0.329 e. The second-order valence-corrected chi connectivity index (χ2v) is 6.90. The molecule has 1 heterocycles. The lowest BCUT2D eigenvalue weighted by molar-refractivity contribution is -0.143. The molecule has 4 nitrogen and oxygen atoms in total. The van der Waals surface area contributed by atoms with Gasteiger partial charge in [-0.05, 0) is 50.8 Å². The van der Waals surface area contributed by atoms with Gasteiger partial charge in [-0.25, -0.2) is 0 Å². The fourth-order valence-corrected chi connectivity index (χ4v) is 3.85. The molecular formula is C19H26N2O2. The maximum atomic E-state index is 12.9. The van der Waals surface area contributed by atoms with Crippen LogP contribution in [0.2, 0.25) is 0 Å². The van der Waals surface area contributed by atoms with Gasteiger partial charge in [-0.1, -0.05) is 25.0 Å². The van der Waals surface area contributed by atoms with E-state index < -0.39 is 0 Å². The quantitative estimate of drug-likeness (QED) is 0.842. The van der Waals surface area contributed by atoms with Crippen LogP contribution in [0, 0.1) is 19.8 Å². The summed E-state index contributed by atoms with van der Waals surface area (Å²) >= 11 is 0. The molecule has 1 aliphatic carbocycles. The molecule has 124 valence electrons. The van der Waals surface area contributed by atoms with Crippen LogP contribution >= 0.6 is 0 Å². The highest BCUT2D eigenvalue weighted by atomic mass is 16.2. The fraction of sp³-hybridized carbons (Fsp3) is 0.579. The molecule has 1 saturated heterocycles. The predicted molar refractivity (Wildman–Crippen MR) is 91.4 cm³/mol. The first-order chi connectivity index (χ1) is 11.0. The molecule has 2 fully saturated rings. The van der Waals surface area contributed by atoms with Gasteiger partial charge in [0.2, 0.25) is 11.8 Å². The van der Waals surface area contributed by atoms with Crippen molar-refractivity contribution in [1.29, 1.82) is 0 Å². The van der Waals surface area contributed by atoms with Gasteiger partial charge in [-0.3, -0.25) is 9.59 Å². The molecule has 0 radical (unpaired) electrons. The van der Waals surface area contributed by atoms with Crippen molar-refractivity contribution in [1.82, 2.24) is 4.90 Å². The average molecular weight is 314 g/mol. The van der Waals surface area contributed by atoms with E-state index in [0.29, 0.717) is 13.1 Å². The first kappa shape index (κ1) is 16.0. The van der Waals surface area contributed by atoms with Gasteiger partial charge in [0.25, 0.3) is 0 Å². The second kappa shape index (κ2) is 6.34. The van der Waals surface area contributed by atoms with Crippen molar-refractivity contribution in [2.45, 2.75) is 52.5 Å². The van der Waals surface area contributed by atoms with Crippen LogP contribution in [0.1, 0.15) is 43.7 Å². The van der Waals surface area contributed by atoms with Gasteiger partial charge in [0.1, 0.15) is 6.04 Å². The van der Waals surface area contributed by atoms with Crippen molar-refractivity contribution in [2.24, 2.45) is 5.92 Å². The molecule has 3 rings (SSSR count). The Hall–Kier alpha value is -1.84. The van der Waals surface area contributed by atoms with E-state index in [1.54, 1.807) is 4.90 Å². The zero-order valence-corrected chi connectivity index (χ0v) is 14.3. The third-order valence-corrected chi connectivity index (χ3v) is 5.51. The summed E-state index contributed by atoms with van der Waals surface area (Å²) in [6.07, 6.45) is 4.25. The summed E-state index contributed by atoms with van der Waals surface area (Å²) < 4.78 is 0. The Balaban J connectivity index is 1.78. The lowest BCUT2D eigenvalue weighted by atomic mass is 10.0. The lowest BCUT2D eigenvalue weighted by Gasteiger charge is -2.40. The van der Waals surface area contributed by atoms with E-state index in [2.05, 4.69) is 19.9 Å². The summed E-state index contributed by atoms with van der Waals surface area (Å²) in [4.78, 5) is 29.2. The van der Waals surface area contributed by atoms with Crippen LogP contribution in [0.3, 0.4) is 0 Å². The van der Waals surface area contributed by atoms with E-state index in [1.807, 2.05) is 24.0 Å². The largest absolute Gasteiger partial charge is 0.329 e. The number of amides is 2. The third-order valence-electron chi connectivity index (χ3n) is 5.51. The summed E-state index contributed by atoms with van der Waals surface area (Å²) in [6, 6.07) is 5.69. The summed E-state index contributed by atoms with van der Waals surface area (Å²) in [6.45, 7) is 7.21. The van der Waals surface area contributed by atoms with E-state index in [-0.39, 0.29) is 23.8 Å². The number of anilines is 1. The number of carbonyl (C=O) groups is 2. The van der Waals surface area contributed by atoms with Gasteiger partial charge in [0, 0.05) is 24.7 Å². The molecule has 0 unspecified atom stereocenters. The molecule has 1 aromatic carbocycles. The number of piperazine rings is 1. The van der Waals surface area contributed by atoms with Crippen molar-refractivity contribution in [3.05, 3.63) is 29.3 Å². The third kappa shape index (κ3) is 2.87. The molecule has 0 spiro atoms. The molecule has 2 amide bonds. The molecule has 0 N–H and O–H groups in total. The molecule has 0 bridgehead atoms. The Labute approximate surface area is 138 Å². The Bertz CT molecular complexity index is 620. The summed E-state index contributed by atoms with van der Waals surface area (Å²) in [7, 11) is 0. The standard InChI is InChI=1S/C19H26N2O2/c1-13-7-6-10-17(14(13)2)21-12-11-20(15(3)18(21)22)19(23)16-8-4-5-9-16/h6-7,10,15-16H,4-5,8-9,11-12H2,1-3H3/t15-/m0/s1. The molecular weight excluding hydrogens is 288 g/mol. The lowest BCUT2D eigenvalue weighted by Crippen LogP contribution is -2.58. The molecule has 23 heavy (non-hydrogen) atoms. The van der Waals surface area contributed by atoms with Crippen molar-refractivity contribution in [3.8, 4) is 0 Å². The van der Waals surface area contributed by atoms with Crippen LogP contribution in [0.4, 0.5) is 5.69 Å². The number of hydrogen-bond donors (Lipinski definition) is 0. The summed E-state index contributed by atoms with van der Waals surface area (Å²) in [5.41, 5.74) is 3.31. The van der Waals surface area contributed by atoms with Crippen molar-refractivity contribution in [3.63, 3.8) is 0 Å². The highest BCUT2D eigenvalue weighted by molar-refractivity contribution is 6.01. The topological polar surface area (TPSA) is 40.6 Å². The minimum atomic E-state index is -0.364. The molecule has 1 atom stereocenters. The zero-order valence-electron chi connectivity index (χ0n) is 14.3. The maximum Gasteiger partial charge on any atom is 0.249 e. The number of aryl methyl sites for hydroxylation is 1. The van der Waals surface area contributed by atoms with Gasteiger partial charge >= 0.3 is 0 Å². The average Bonchev–Trinajstić information content (AvgIpc) is 3.07. The van der Waals surface area contributed by atoms with E-state index in [1.165, 1.54) is 5.56 Å². The molecule has 0 aromatic heterocycles. The normalized spacial score (nSPS) is 22.7. The Morgan fingerprint density at radius 2 is 1.83 bits per heavy atom. The number of hydrogen-bond acceptors (Lipinski definition) is 2. The van der Waals surface area contributed by atoms with Crippen molar-refractivity contribution < 1.29 is 9.59 Å². The number of carbonyl (C=O) groups excluding carboxylic acids is 2. The Kier molecular flexibility index (Phi) is 4.42. The van der Waals surface area contributed by atoms with E-state index in [4.69, 9.17) is 0 Å². The second-order valence-electron chi connectivity index (χ2n) is 6.90. The fourth-order valence-electron chi connectivity index (χ4n) is 3.85. The highest BCUT2D eigenvalue weighted by Crippen LogP contribution is 2.30. The van der Waals surface area contributed by atoms with Gasteiger partial charge in [-0.2, -0.15) is 0 Å². The first-order valence-electron chi connectivity index (χ1n) is 8.68. The van der Waals surface area contributed by atoms with Crippen LogP contribution in [0.25, 0.3) is 0 Å². The van der Waals surface area contributed by atoms with Crippen LogP contribution < -0.4 is 4.90 Å². The number of benzene rings is 1. The maximum absolute atomic E-state index is 12.9. The number of rotatable bonds is 2. The van der Waals surface area contributed by atoms with Crippen LogP contribution in [0.5, 0.6) is 0 Å². The first-order valence-corrected chi connectivity index (χ1v) is 8.68. The van der Waals surface area contributed by atoms with Crippen LogP contribution in [0.15, 0.2) is 18.2 Å². The Morgan fingerprint density at radius 1 is 1.13 bits per heavy atom. The predicted octanol–water partition coefficient (Wildman–Crippen LogP) is 3.06. The molecule has 4 heteroatoms. The van der Waals surface area contributed by atoms with Crippen molar-refractivity contribution >= 4 is 17.5 Å². The summed E-state index contributed by atoms with van der Waals surface area (Å²) in [5, 5.41) is 0. The number of nitrogens with zero attached hydrogens (tertiary/aromatic N) is 2. The smallest absolute Gasteiger partial charge is 0.249 e. The SMILES string of the molecule is Cc1cccc(N2CCN(C(=O)C3CCCC3)[C@@H](C)C2=O)c1C. The highest BCUT2D eigenvalue weighted by Gasteiger charge is 2.38. The molecule has 1 saturated carbocycles. The molecule has 1 aliphatic heterocycles. The molecule has 1 aromatic rings. The summed E-state index contributed by atoms with van der Waals surface area (Å²) in [5.74, 6) is 0.359. The minimum absolute atomic E-state index is 0.0382. The van der Waals surface area contributed by atoms with E-state index >= 15 is 0 Å². The van der Waals surface area contributed by atoms with Gasteiger partial charge in [-0.15, -0.1) is 0 Å². The van der Waals surface area contributed by atoms with Crippen LogP contribution in [-0.2, 0) is 9.59 Å².